The van der Waals surface area contributed by atoms with Gasteiger partial charge < -0.3 is 10.2 Å². The molecule has 1 heterocycles. The van der Waals surface area contributed by atoms with Crippen molar-refractivity contribution in [1.82, 2.24) is 20.0 Å². The predicted molar refractivity (Wildman–Crippen MR) is 83.9 cm³/mol. The lowest BCUT2D eigenvalue weighted by Gasteiger charge is -2.19. The summed E-state index contributed by atoms with van der Waals surface area (Å²) in [6.07, 6.45) is 0. The Bertz CT molecular complexity index is 537. The van der Waals surface area contributed by atoms with Gasteiger partial charge in [-0.15, -0.1) is 0 Å². The van der Waals surface area contributed by atoms with E-state index in [4.69, 9.17) is 0 Å². The molecule has 0 bridgehead atoms. The number of likely N-dealkylation sites (N-methyl/N-ethyl adjacent to an activating group) is 1. The molecule has 1 N–H and O–H groups in total. The zero-order valence-corrected chi connectivity index (χ0v) is 13.9. The van der Waals surface area contributed by atoms with Crippen molar-refractivity contribution >= 4 is 11.6 Å². The summed E-state index contributed by atoms with van der Waals surface area (Å²) < 4.78 is 1.42. The van der Waals surface area contributed by atoms with Crippen molar-refractivity contribution in [2.45, 2.75) is 40.7 Å². The number of nitro groups is 1. The zero-order chi connectivity index (χ0) is 16.9. The molecule has 8 nitrogen and oxygen atoms in total. The zero-order valence-electron chi connectivity index (χ0n) is 13.9. The number of amides is 1. The van der Waals surface area contributed by atoms with Crippen LogP contribution in [0.5, 0.6) is 0 Å². The lowest BCUT2D eigenvalue weighted by Crippen LogP contribution is -2.38. The Morgan fingerprint density at radius 1 is 1.41 bits per heavy atom. The first-order valence-corrected chi connectivity index (χ1v) is 7.53. The minimum absolute atomic E-state index is 0.0252. The molecule has 0 aliphatic heterocycles. The number of aromatic nitrogens is 2. The Labute approximate surface area is 130 Å². The van der Waals surface area contributed by atoms with E-state index in [0.717, 1.165) is 19.6 Å². The van der Waals surface area contributed by atoms with Gasteiger partial charge in [0.25, 0.3) is 0 Å². The molecule has 0 aromatic carbocycles. The highest BCUT2D eigenvalue weighted by Gasteiger charge is 2.26. The number of nitrogens with zero attached hydrogens (tertiary/aromatic N) is 4. The SMILES string of the molecule is CCN(CC)CCNC(=O)C(C)n1nc(C)c([N+](=O)[O-])c1C. The van der Waals surface area contributed by atoms with E-state index in [2.05, 4.69) is 29.2 Å². The van der Waals surface area contributed by atoms with E-state index in [-0.39, 0.29) is 11.6 Å². The summed E-state index contributed by atoms with van der Waals surface area (Å²) >= 11 is 0. The molecule has 124 valence electrons. The maximum atomic E-state index is 12.2. The fourth-order valence-corrected chi connectivity index (χ4v) is 2.43. The molecule has 1 atom stereocenters. The predicted octanol–water partition coefficient (Wildman–Crippen LogP) is 1.43. The number of carbonyl (C=O) groups is 1. The van der Waals surface area contributed by atoms with Crippen LogP contribution < -0.4 is 5.32 Å². The van der Waals surface area contributed by atoms with Gasteiger partial charge in [0.15, 0.2) is 0 Å². The third kappa shape index (κ3) is 4.03. The molecule has 0 saturated heterocycles. The van der Waals surface area contributed by atoms with E-state index in [1.165, 1.54) is 4.68 Å². The van der Waals surface area contributed by atoms with Gasteiger partial charge >= 0.3 is 5.69 Å². The van der Waals surface area contributed by atoms with Crippen LogP contribution in [-0.4, -0.2) is 51.7 Å². The van der Waals surface area contributed by atoms with Gasteiger partial charge in [0.2, 0.25) is 5.91 Å². The highest BCUT2D eigenvalue weighted by atomic mass is 16.6. The van der Waals surface area contributed by atoms with Crippen molar-refractivity contribution in [2.24, 2.45) is 0 Å². The van der Waals surface area contributed by atoms with Gasteiger partial charge in [-0.25, -0.2) is 0 Å². The second-order valence-electron chi connectivity index (χ2n) is 5.21. The summed E-state index contributed by atoms with van der Waals surface area (Å²) in [6, 6.07) is -0.580. The van der Waals surface area contributed by atoms with Crippen LogP contribution in [0.4, 0.5) is 5.69 Å². The van der Waals surface area contributed by atoms with Crippen LogP contribution in [0.3, 0.4) is 0 Å². The smallest absolute Gasteiger partial charge is 0.312 e. The van der Waals surface area contributed by atoms with Crippen LogP contribution in [-0.2, 0) is 4.79 Å². The molecule has 0 spiro atoms. The van der Waals surface area contributed by atoms with Crippen molar-refractivity contribution in [3.63, 3.8) is 0 Å². The molecule has 1 unspecified atom stereocenters. The first kappa shape index (κ1) is 18.1. The standard InChI is InChI=1S/C14H25N5O3/c1-6-17(7-2)9-8-15-14(20)12(5)18-11(4)13(19(21)22)10(3)16-18/h12H,6-9H2,1-5H3,(H,15,20). The van der Waals surface area contributed by atoms with Crippen LogP contribution in [0.25, 0.3) is 0 Å². The molecule has 0 aliphatic carbocycles. The minimum Gasteiger partial charge on any atom is -0.353 e. The van der Waals surface area contributed by atoms with Crippen LogP contribution in [0.2, 0.25) is 0 Å². The monoisotopic (exact) mass is 311 g/mol. The number of hydrogen-bond acceptors (Lipinski definition) is 5. The van der Waals surface area contributed by atoms with E-state index in [1.807, 2.05) is 0 Å². The van der Waals surface area contributed by atoms with Gasteiger partial charge in [-0.1, -0.05) is 13.8 Å². The lowest BCUT2D eigenvalue weighted by atomic mass is 10.3. The van der Waals surface area contributed by atoms with Crippen molar-refractivity contribution in [2.75, 3.05) is 26.2 Å². The Hall–Kier alpha value is -1.96. The summed E-state index contributed by atoms with van der Waals surface area (Å²) in [4.78, 5) is 24.9. The number of nitrogens with one attached hydrogen (secondary N) is 1. The summed E-state index contributed by atoms with van der Waals surface area (Å²) in [5.41, 5.74) is 0.696. The summed E-state index contributed by atoms with van der Waals surface area (Å²) in [5.74, 6) is -0.187. The van der Waals surface area contributed by atoms with E-state index in [0.29, 0.717) is 17.9 Å². The normalized spacial score (nSPS) is 12.5. The summed E-state index contributed by atoms with van der Waals surface area (Å²) in [7, 11) is 0. The lowest BCUT2D eigenvalue weighted by molar-refractivity contribution is -0.386. The van der Waals surface area contributed by atoms with E-state index >= 15 is 0 Å². The topological polar surface area (TPSA) is 93.3 Å². The van der Waals surface area contributed by atoms with Crippen molar-refractivity contribution in [3.8, 4) is 0 Å². The second-order valence-corrected chi connectivity index (χ2v) is 5.21. The number of carbonyl (C=O) groups excluding carboxylic acids is 1. The molecule has 1 aromatic heterocycles. The van der Waals surface area contributed by atoms with E-state index in [9.17, 15) is 14.9 Å². The number of rotatable bonds is 8. The van der Waals surface area contributed by atoms with Gasteiger partial charge in [-0.05, 0) is 33.9 Å². The quantitative estimate of drug-likeness (QED) is 0.579. The number of hydrogen-bond donors (Lipinski definition) is 1. The average Bonchev–Trinajstić information content (AvgIpc) is 2.77. The van der Waals surface area contributed by atoms with Gasteiger partial charge in [0.1, 0.15) is 17.4 Å². The molecule has 22 heavy (non-hydrogen) atoms. The maximum absolute atomic E-state index is 12.2. The Morgan fingerprint density at radius 2 is 2.00 bits per heavy atom. The fraction of sp³-hybridized carbons (Fsp3) is 0.714. The second kappa shape index (κ2) is 7.88. The largest absolute Gasteiger partial charge is 0.353 e. The van der Waals surface area contributed by atoms with Gasteiger partial charge in [0, 0.05) is 13.1 Å². The average molecular weight is 311 g/mol. The first-order chi connectivity index (χ1) is 10.3. The van der Waals surface area contributed by atoms with E-state index in [1.54, 1.807) is 20.8 Å². The minimum atomic E-state index is -0.580. The fourth-order valence-electron chi connectivity index (χ4n) is 2.43. The molecular formula is C14H25N5O3. The van der Waals surface area contributed by atoms with E-state index < -0.39 is 11.0 Å². The Morgan fingerprint density at radius 3 is 2.45 bits per heavy atom. The molecule has 0 aliphatic rings. The summed E-state index contributed by atoms with van der Waals surface area (Å²) in [6.45, 7) is 12.2. The maximum Gasteiger partial charge on any atom is 0.312 e. The van der Waals surface area contributed by atoms with Gasteiger partial charge in [0.05, 0.1) is 4.92 Å². The Balaban J connectivity index is 2.72. The van der Waals surface area contributed by atoms with Crippen LogP contribution in [0, 0.1) is 24.0 Å². The molecule has 8 heteroatoms. The van der Waals surface area contributed by atoms with Crippen LogP contribution >= 0.6 is 0 Å². The number of aryl methyl sites for hydroxylation is 1. The van der Waals surface area contributed by atoms with Crippen LogP contribution in [0.15, 0.2) is 0 Å². The molecular weight excluding hydrogens is 286 g/mol. The molecule has 1 rings (SSSR count). The highest BCUT2D eigenvalue weighted by molar-refractivity contribution is 5.80. The van der Waals surface area contributed by atoms with Crippen molar-refractivity contribution in [1.29, 1.82) is 0 Å². The van der Waals surface area contributed by atoms with Gasteiger partial charge in [-0.2, -0.15) is 5.10 Å². The molecule has 0 radical (unpaired) electrons. The highest BCUT2D eigenvalue weighted by Crippen LogP contribution is 2.24. The molecule has 1 amide bonds. The molecule has 0 saturated carbocycles. The molecule has 0 fully saturated rings. The first-order valence-electron chi connectivity index (χ1n) is 7.53. The molecule has 1 aromatic rings. The third-order valence-corrected chi connectivity index (χ3v) is 3.84. The van der Waals surface area contributed by atoms with Crippen molar-refractivity contribution in [3.05, 3.63) is 21.5 Å². The van der Waals surface area contributed by atoms with Gasteiger partial charge in [-0.3, -0.25) is 19.6 Å². The Kier molecular flexibility index (Phi) is 6.48. The third-order valence-electron chi connectivity index (χ3n) is 3.84. The van der Waals surface area contributed by atoms with Crippen LogP contribution in [0.1, 0.15) is 38.2 Å². The van der Waals surface area contributed by atoms with Crippen molar-refractivity contribution < 1.29 is 9.72 Å². The summed E-state index contributed by atoms with van der Waals surface area (Å²) in [5, 5.41) is 18.0.